The molecule has 1 N–H and O–H groups in total. The predicted molar refractivity (Wildman–Crippen MR) is 128 cm³/mol. The van der Waals surface area contributed by atoms with Crippen LogP contribution in [-0.2, 0) is 20.9 Å². The molecule has 8 nitrogen and oxygen atoms in total. The minimum absolute atomic E-state index is 0.157. The zero-order valence-electron chi connectivity index (χ0n) is 19.9. The molecule has 188 valence electrons. The fourth-order valence-corrected chi connectivity index (χ4v) is 3.54. The van der Waals surface area contributed by atoms with Gasteiger partial charge in [0.15, 0.2) is 5.82 Å². The number of ketones is 1. The van der Waals surface area contributed by atoms with Gasteiger partial charge in [0.05, 0.1) is 12.7 Å². The molecule has 2 aromatic carbocycles. The number of aliphatic hydroxyl groups excluding tert-OH is 1. The first-order chi connectivity index (χ1) is 17.3. The molecule has 0 bridgehead atoms. The van der Waals surface area contributed by atoms with Crippen LogP contribution in [0.5, 0.6) is 0 Å². The molecule has 0 saturated heterocycles. The maximum absolute atomic E-state index is 13.7. The molecular formula is C26H26F2N4O4. The normalized spacial score (nSPS) is 11.9. The van der Waals surface area contributed by atoms with Crippen LogP contribution < -0.4 is 0 Å². The third-order valence-electron chi connectivity index (χ3n) is 5.18. The summed E-state index contributed by atoms with van der Waals surface area (Å²) in [6.07, 6.45) is 0.994. The van der Waals surface area contributed by atoms with E-state index >= 15 is 0 Å². The molecule has 3 aromatic rings. The van der Waals surface area contributed by atoms with Crippen LogP contribution in [-0.4, -0.2) is 49.8 Å². The number of carbonyl (C=O) groups excluding carboxylic acids is 2. The summed E-state index contributed by atoms with van der Waals surface area (Å²) in [6.45, 7) is 4.07. The number of aromatic nitrogens is 4. The van der Waals surface area contributed by atoms with Gasteiger partial charge in [0.2, 0.25) is 0 Å². The lowest BCUT2D eigenvalue weighted by atomic mass is 9.91. The van der Waals surface area contributed by atoms with Gasteiger partial charge >= 0.3 is 5.97 Å². The molecule has 0 fully saturated rings. The summed E-state index contributed by atoms with van der Waals surface area (Å²) in [7, 11) is 0. The van der Waals surface area contributed by atoms with E-state index < -0.39 is 35.9 Å². The fraction of sp³-hybridized carbons (Fsp3) is 0.269. The van der Waals surface area contributed by atoms with Crippen LogP contribution in [0.15, 0.2) is 60.7 Å². The minimum Gasteiger partial charge on any atom is -0.466 e. The second-order valence-corrected chi connectivity index (χ2v) is 7.77. The number of aliphatic hydroxyl groups is 1. The third kappa shape index (κ3) is 6.98. The Morgan fingerprint density at radius 1 is 1.03 bits per heavy atom. The van der Waals surface area contributed by atoms with Crippen LogP contribution in [0.1, 0.15) is 43.6 Å². The van der Waals surface area contributed by atoms with Gasteiger partial charge in [-0.3, -0.25) is 9.59 Å². The van der Waals surface area contributed by atoms with E-state index in [1.165, 1.54) is 35.0 Å². The first-order valence-corrected chi connectivity index (χ1v) is 11.4. The number of benzene rings is 2. The average molecular weight is 497 g/mol. The topological polar surface area (TPSA) is 107 Å². The van der Waals surface area contributed by atoms with Crippen LogP contribution in [0.3, 0.4) is 0 Å². The number of halogens is 2. The van der Waals surface area contributed by atoms with Crippen molar-refractivity contribution >= 4 is 22.9 Å². The van der Waals surface area contributed by atoms with Gasteiger partial charge in [0, 0.05) is 18.5 Å². The zero-order chi connectivity index (χ0) is 26.1. The van der Waals surface area contributed by atoms with Crippen molar-refractivity contribution in [2.24, 2.45) is 0 Å². The molecule has 1 heterocycles. The maximum atomic E-state index is 13.7. The maximum Gasteiger partial charge on any atom is 0.313 e. The molecule has 10 heteroatoms. The first-order valence-electron chi connectivity index (χ1n) is 11.4. The number of hydrogen-bond acceptors (Lipinski definition) is 7. The molecule has 1 atom stereocenters. The molecule has 0 aliphatic rings. The standard InChI is InChI=1S/C26H26F2N4O4/c1-3-32-26(29-30-31-32)23(14-13-21(33)15-22(34)16-24(35)36-4-2)25(17-5-9-19(27)10-6-17)18-7-11-20(28)12-8-18/h5-14,21,33H,3-4,15-16H2,1-2H3/b14-13+. The van der Waals surface area contributed by atoms with E-state index in [2.05, 4.69) is 15.5 Å². The van der Waals surface area contributed by atoms with Gasteiger partial charge in [-0.15, -0.1) is 5.10 Å². The van der Waals surface area contributed by atoms with Gasteiger partial charge in [0.1, 0.15) is 23.8 Å². The number of tetrazole rings is 1. The number of ether oxygens (including phenoxy) is 1. The Morgan fingerprint density at radius 2 is 1.61 bits per heavy atom. The van der Waals surface area contributed by atoms with Gasteiger partial charge in [-0.25, -0.2) is 13.5 Å². The monoisotopic (exact) mass is 496 g/mol. The van der Waals surface area contributed by atoms with Gasteiger partial charge < -0.3 is 9.84 Å². The molecule has 1 unspecified atom stereocenters. The number of nitrogens with zero attached hydrogens (tertiary/aromatic N) is 4. The quantitative estimate of drug-likeness (QED) is 0.245. The summed E-state index contributed by atoms with van der Waals surface area (Å²) < 4.78 is 33.7. The Bertz CT molecular complexity index is 1200. The van der Waals surface area contributed by atoms with Crippen molar-refractivity contribution in [3.63, 3.8) is 0 Å². The molecule has 0 amide bonds. The van der Waals surface area contributed by atoms with E-state index in [0.29, 0.717) is 34.6 Å². The first kappa shape index (κ1) is 26.6. The summed E-state index contributed by atoms with van der Waals surface area (Å²) >= 11 is 0. The Hall–Kier alpha value is -4.05. The zero-order valence-corrected chi connectivity index (χ0v) is 19.9. The van der Waals surface area contributed by atoms with E-state index in [-0.39, 0.29) is 13.0 Å². The van der Waals surface area contributed by atoms with Crippen molar-refractivity contribution in [1.29, 1.82) is 0 Å². The molecule has 1 aromatic heterocycles. The highest BCUT2D eigenvalue weighted by Crippen LogP contribution is 2.33. The van der Waals surface area contributed by atoms with Crippen LogP contribution >= 0.6 is 0 Å². The Labute approximate surface area is 206 Å². The summed E-state index contributed by atoms with van der Waals surface area (Å²) in [5, 5.41) is 22.3. The second-order valence-electron chi connectivity index (χ2n) is 7.77. The highest BCUT2D eigenvalue weighted by atomic mass is 19.1. The van der Waals surface area contributed by atoms with Crippen LogP contribution in [0.2, 0.25) is 0 Å². The van der Waals surface area contributed by atoms with Gasteiger partial charge in [-0.1, -0.05) is 36.4 Å². The van der Waals surface area contributed by atoms with Crippen LogP contribution in [0, 0.1) is 11.6 Å². The molecule has 0 saturated carbocycles. The Kier molecular flexibility index (Phi) is 9.29. The SMILES string of the molecule is CCOC(=O)CC(=O)CC(O)/C=C/C(=C(c1ccc(F)cc1)c1ccc(F)cc1)c1nnnn1CC. The average Bonchev–Trinajstić information content (AvgIpc) is 3.32. The number of Topliss-reactive ketones (excluding diaryl/α,β-unsaturated/α-hetero) is 1. The van der Waals surface area contributed by atoms with Crippen molar-refractivity contribution in [2.75, 3.05) is 6.61 Å². The third-order valence-corrected chi connectivity index (χ3v) is 5.18. The highest BCUT2D eigenvalue weighted by molar-refractivity contribution is 6.01. The Balaban J connectivity index is 2.09. The summed E-state index contributed by atoms with van der Waals surface area (Å²) in [6, 6.07) is 11.5. The highest BCUT2D eigenvalue weighted by Gasteiger charge is 2.19. The summed E-state index contributed by atoms with van der Waals surface area (Å²) in [5.74, 6) is -1.64. The molecule has 3 rings (SSSR count). The second kappa shape index (κ2) is 12.6. The smallest absolute Gasteiger partial charge is 0.313 e. The molecule has 0 aliphatic heterocycles. The minimum atomic E-state index is -1.21. The van der Waals surface area contributed by atoms with E-state index in [1.807, 2.05) is 6.92 Å². The number of allylic oxidation sites excluding steroid dienone is 2. The number of esters is 1. The molecule has 0 aliphatic carbocycles. The van der Waals surface area contributed by atoms with Crippen LogP contribution in [0.4, 0.5) is 8.78 Å². The largest absolute Gasteiger partial charge is 0.466 e. The van der Waals surface area contributed by atoms with Crippen LogP contribution in [0.25, 0.3) is 11.1 Å². The number of aryl methyl sites for hydroxylation is 1. The summed E-state index contributed by atoms with van der Waals surface area (Å²) in [4.78, 5) is 23.7. The number of hydrogen-bond donors (Lipinski definition) is 1. The lowest BCUT2D eigenvalue weighted by Gasteiger charge is -2.15. The van der Waals surface area contributed by atoms with Crippen molar-refractivity contribution in [1.82, 2.24) is 20.2 Å². The number of rotatable bonds is 11. The van der Waals surface area contributed by atoms with Crippen molar-refractivity contribution in [3.05, 3.63) is 89.3 Å². The summed E-state index contributed by atoms with van der Waals surface area (Å²) in [5.41, 5.74) is 2.21. The van der Waals surface area contributed by atoms with Crippen molar-refractivity contribution in [3.8, 4) is 0 Å². The van der Waals surface area contributed by atoms with E-state index in [0.717, 1.165) is 0 Å². The molecular weight excluding hydrogens is 470 g/mol. The van der Waals surface area contributed by atoms with Gasteiger partial charge in [0.25, 0.3) is 0 Å². The lowest BCUT2D eigenvalue weighted by molar-refractivity contribution is -0.145. The molecule has 36 heavy (non-hydrogen) atoms. The number of carbonyl (C=O) groups is 2. The van der Waals surface area contributed by atoms with E-state index in [9.17, 15) is 23.5 Å². The Morgan fingerprint density at radius 3 is 2.14 bits per heavy atom. The van der Waals surface area contributed by atoms with Gasteiger partial charge in [-0.2, -0.15) is 0 Å². The molecule has 0 spiro atoms. The molecule has 0 radical (unpaired) electrons. The van der Waals surface area contributed by atoms with Crippen molar-refractivity contribution in [2.45, 2.75) is 39.3 Å². The predicted octanol–water partition coefficient (Wildman–Crippen LogP) is 3.76. The van der Waals surface area contributed by atoms with Gasteiger partial charge in [-0.05, 0) is 65.2 Å². The van der Waals surface area contributed by atoms with E-state index in [1.54, 1.807) is 37.3 Å². The van der Waals surface area contributed by atoms with E-state index in [4.69, 9.17) is 4.74 Å². The fourth-order valence-electron chi connectivity index (χ4n) is 3.54. The van der Waals surface area contributed by atoms with Crippen molar-refractivity contribution < 1.29 is 28.2 Å². The lowest BCUT2D eigenvalue weighted by Crippen LogP contribution is -2.16.